The zero-order valence-corrected chi connectivity index (χ0v) is 7.80. The Morgan fingerprint density at radius 3 is 3.17 bits per heavy atom. The molecular formula is C11H15N. The van der Waals surface area contributed by atoms with Crippen molar-refractivity contribution in [2.45, 2.75) is 39.0 Å². The average Bonchev–Trinajstić information content (AvgIpc) is 2.04. The topological polar surface area (TPSA) is 12.9 Å². The van der Waals surface area contributed by atoms with Gasteiger partial charge in [-0.3, -0.25) is 4.98 Å². The van der Waals surface area contributed by atoms with Crippen LogP contribution in [-0.4, -0.2) is 4.98 Å². The van der Waals surface area contributed by atoms with E-state index in [9.17, 15) is 0 Å². The number of fused-ring (bicyclic) bond motifs is 1. The summed E-state index contributed by atoms with van der Waals surface area (Å²) in [6.45, 7) is 4.40. The maximum Gasteiger partial charge on any atom is 0.0463 e. The maximum absolute atomic E-state index is 4.50. The van der Waals surface area contributed by atoms with Gasteiger partial charge in [0.05, 0.1) is 0 Å². The highest BCUT2D eigenvalue weighted by molar-refractivity contribution is 5.28. The van der Waals surface area contributed by atoms with Crippen LogP contribution in [0, 0.1) is 6.92 Å². The molecule has 0 aromatic carbocycles. The number of rotatable bonds is 0. The van der Waals surface area contributed by atoms with Crippen LogP contribution in [0.3, 0.4) is 0 Å². The Bertz CT molecular complexity index is 291. The van der Waals surface area contributed by atoms with Crippen LogP contribution in [-0.2, 0) is 6.42 Å². The molecule has 1 nitrogen and oxygen atoms in total. The molecule has 0 amide bonds. The van der Waals surface area contributed by atoms with E-state index >= 15 is 0 Å². The number of pyridine rings is 1. The molecule has 1 atom stereocenters. The van der Waals surface area contributed by atoms with Crippen molar-refractivity contribution in [3.63, 3.8) is 0 Å². The summed E-state index contributed by atoms with van der Waals surface area (Å²) in [5.41, 5.74) is 4.11. The van der Waals surface area contributed by atoms with Crippen LogP contribution in [0.25, 0.3) is 0 Å². The molecule has 1 aromatic rings. The number of nitrogens with zero attached hydrogens (tertiary/aromatic N) is 1. The van der Waals surface area contributed by atoms with Crippen molar-refractivity contribution >= 4 is 0 Å². The fraction of sp³-hybridized carbons (Fsp3) is 0.545. The first kappa shape index (κ1) is 7.78. The minimum absolute atomic E-state index is 0.675. The predicted molar refractivity (Wildman–Crippen MR) is 50.3 cm³/mol. The minimum Gasteiger partial charge on any atom is -0.260 e. The second-order valence-corrected chi connectivity index (χ2v) is 3.85. The normalized spacial score (nSPS) is 22.0. The molecule has 0 fully saturated rings. The Balaban J connectivity index is 2.46. The SMILES string of the molecule is Cc1cnc2c(c1)CCC[C@H]2C. The van der Waals surface area contributed by atoms with Gasteiger partial charge in [-0.1, -0.05) is 13.0 Å². The summed E-state index contributed by atoms with van der Waals surface area (Å²) < 4.78 is 0. The lowest BCUT2D eigenvalue weighted by molar-refractivity contribution is 0.573. The standard InChI is InChI=1S/C11H15N/c1-8-6-10-5-3-4-9(2)11(10)12-7-8/h6-7,9H,3-5H2,1-2H3/t9-/m1/s1. The highest BCUT2D eigenvalue weighted by Crippen LogP contribution is 2.29. The van der Waals surface area contributed by atoms with Crippen molar-refractivity contribution in [1.82, 2.24) is 4.98 Å². The van der Waals surface area contributed by atoms with Crippen molar-refractivity contribution < 1.29 is 0 Å². The highest BCUT2D eigenvalue weighted by atomic mass is 14.7. The molecule has 0 saturated heterocycles. The molecule has 0 N–H and O–H groups in total. The van der Waals surface area contributed by atoms with Gasteiger partial charge in [0.1, 0.15) is 0 Å². The second kappa shape index (κ2) is 2.89. The molecule has 2 rings (SSSR count). The summed E-state index contributed by atoms with van der Waals surface area (Å²) in [4.78, 5) is 4.50. The minimum atomic E-state index is 0.675. The Morgan fingerprint density at radius 2 is 2.33 bits per heavy atom. The van der Waals surface area contributed by atoms with Crippen molar-refractivity contribution in [1.29, 1.82) is 0 Å². The van der Waals surface area contributed by atoms with E-state index in [4.69, 9.17) is 0 Å². The molecule has 0 unspecified atom stereocenters. The summed E-state index contributed by atoms with van der Waals surface area (Å²) in [6, 6.07) is 2.29. The zero-order chi connectivity index (χ0) is 8.55. The Morgan fingerprint density at radius 1 is 1.50 bits per heavy atom. The van der Waals surface area contributed by atoms with E-state index in [1.165, 1.54) is 36.1 Å². The summed E-state index contributed by atoms with van der Waals surface area (Å²) in [5.74, 6) is 0.675. The van der Waals surface area contributed by atoms with Gasteiger partial charge < -0.3 is 0 Å². The summed E-state index contributed by atoms with van der Waals surface area (Å²) in [5, 5.41) is 0. The highest BCUT2D eigenvalue weighted by Gasteiger charge is 2.16. The summed E-state index contributed by atoms with van der Waals surface area (Å²) >= 11 is 0. The van der Waals surface area contributed by atoms with Crippen LogP contribution < -0.4 is 0 Å². The van der Waals surface area contributed by atoms with Crippen LogP contribution in [0.4, 0.5) is 0 Å². The van der Waals surface area contributed by atoms with E-state index in [0.717, 1.165) is 0 Å². The van der Waals surface area contributed by atoms with Crippen molar-refractivity contribution in [2.75, 3.05) is 0 Å². The molecule has 0 spiro atoms. The van der Waals surface area contributed by atoms with Crippen LogP contribution in [0.15, 0.2) is 12.3 Å². The monoisotopic (exact) mass is 161 g/mol. The predicted octanol–water partition coefficient (Wildman–Crippen LogP) is 2.83. The third-order valence-corrected chi connectivity index (χ3v) is 2.69. The Hall–Kier alpha value is -0.850. The van der Waals surface area contributed by atoms with Gasteiger partial charge in [-0.05, 0) is 43.2 Å². The smallest absolute Gasteiger partial charge is 0.0463 e. The van der Waals surface area contributed by atoms with Gasteiger partial charge in [0.25, 0.3) is 0 Å². The quantitative estimate of drug-likeness (QED) is 0.570. The molecule has 1 heterocycles. The molecule has 0 aliphatic heterocycles. The fourth-order valence-corrected chi connectivity index (χ4v) is 2.02. The van der Waals surface area contributed by atoms with Gasteiger partial charge in [-0.15, -0.1) is 0 Å². The molecule has 1 aromatic heterocycles. The van der Waals surface area contributed by atoms with Crippen molar-refractivity contribution in [3.05, 3.63) is 29.1 Å². The Kier molecular flexibility index (Phi) is 1.87. The van der Waals surface area contributed by atoms with Crippen molar-refractivity contribution in [2.24, 2.45) is 0 Å². The molecule has 0 radical (unpaired) electrons. The average molecular weight is 161 g/mol. The molecule has 12 heavy (non-hydrogen) atoms. The van der Waals surface area contributed by atoms with Crippen LogP contribution in [0.2, 0.25) is 0 Å². The van der Waals surface area contributed by atoms with Gasteiger partial charge in [0, 0.05) is 11.9 Å². The van der Waals surface area contributed by atoms with Gasteiger partial charge in [-0.2, -0.15) is 0 Å². The third-order valence-electron chi connectivity index (χ3n) is 2.69. The van der Waals surface area contributed by atoms with Crippen LogP contribution in [0.5, 0.6) is 0 Å². The van der Waals surface area contributed by atoms with Gasteiger partial charge in [-0.25, -0.2) is 0 Å². The molecule has 1 heteroatoms. The summed E-state index contributed by atoms with van der Waals surface area (Å²) in [6.07, 6.45) is 5.86. The zero-order valence-electron chi connectivity index (χ0n) is 7.80. The van der Waals surface area contributed by atoms with Gasteiger partial charge >= 0.3 is 0 Å². The van der Waals surface area contributed by atoms with Crippen LogP contribution >= 0.6 is 0 Å². The lowest BCUT2D eigenvalue weighted by atomic mass is 9.87. The lowest BCUT2D eigenvalue weighted by Gasteiger charge is -2.20. The first-order chi connectivity index (χ1) is 5.77. The fourth-order valence-electron chi connectivity index (χ4n) is 2.02. The van der Waals surface area contributed by atoms with Gasteiger partial charge in [0.2, 0.25) is 0 Å². The van der Waals surface area contributed by atoms with E-state index in [0.29, 0.717) is 5.92 Å². The third kappa shape index (κ3) is 1.24. The van der Waals surface area contributed by atoms with E-state index in [2.05, 4.69) is 24.9 Å². The summed E-state index contributed by atoms with van der Waals surface area (Å²) in [7, 11) is 0. The number of hydrogen-bond donors (Lipinski definition) is 0. The molecule has 1 aliphatic rings. The number of hydrogen-bond acceptors (Lipinski definition) is 1. The number of aryl methyl sites for hydroxylation is 2. The second-order valence-electron chi connectivity index (χ2n) is 3.85. The molecule has 1 aliphatic carbocycles. The maximum atomic E-state index is 4.50. The van der Waals surface area contributed by atoms with Crippen molar-refractivity contribution in [3.8, 4) is 0 Å². The largest absolute Gasteiger partial charge is 0.260 e. The van der Waals surface area contributed by atoms with Crippen LogP contribution in [0.1, 0.15) is 42.5 Å². The Labute approximate surface area is 73.8 Å². The lowest BCUT2D eigenvalue weighted by Crippen LogP contribution is -2.09. The number of aromatic nitrogens is 1. The van der Waals surface area contributed by atoms with E-state index in [1.807, 2.05) is 6.20 Å². The van der Waals surface area contributed by atoms with E-state index in [-0.39, 0.29) is 0 Å². The van der Waals surface area contributed by atoms with E-state index < -0.39 is 0 Å². The molecular weight excluding hydrogens is 146 g/mol. The molecule has 0 saturated carbocycles. The first-order valence-electron chi connectivity index (χ1n) is 4.73. The molecule has 64 valence electrons. The van der Waals surface area contributed by atoms with E-state index in [1.54, 1.807) is 0 Å². The molecule has 0 bridgehead atoms. The van der Waals surface area contributed by atoms with Gasteiger partial charge in [0.15, 0.2) is 0 Å². The first-order valence-corrected chi connectivity index (χ1v) is 4.73.